The molecule has 0 aliphatic rings. The molecule has 0 bridgehead atoms. The molecule has 1 aromatic carbocycles. The van der Waals surface area contributed by atoms with E-state index in [1.807, 2.05) is 34.6 Å². The summed E-state index contributed by atoms with van der Waals surface area (Å²) >= 11 is 0. The number of nitrogens with two attached hydrogens (primary N) is 1. The van der Waals surface area contributed by atoms with Crippen LogP contribution in [0.4, 0.5) is 0 Å². The van der Waals surface area contributed by atoms with Gasteiger partial charge in [-0.25, -0.2) is 0 Å². The van der Waals surface area contributed by atoms with Crippen LogP contribution in [0, 0.1) is 29.6 Å². The summed E-state index contributed by atoms with van der Waals surface area (Å²) in [5.41, 5.74) is 5.48. The van der Waals surface area contributed by atoms with Gasteiger partial charge >= 0.3 is 23.9 Å². The van der Waals surface area contributed by atoms with E-state index in [1.54, 1.807) is 26.8 Å². The first-order chi connectivity index (χ1) is 17.7. The normalized spacial score (nSPS) is 15.3. The summed E-state index contributed by atoms with van der Waals surface area (Å²) in [5, 5.41) is 0. The monoisotopic (exact) mass is 535 g/mol. The minimum absolute atomic E-state index is 0.00145. The van der Waals surface area contributed by atoms with E-state index in [0.29, 0.717) is 12.0 Å². The van der Waals surface area contributed by atoms with Crippen LogP contribution in [0.2, 0.25) is 0 Å². The third-order valence-electron chi connectivity index (χ3n) is 7.09. The standard InChI is InChI=1S/C29H45NO8/c1-10-19(6)25(31)36-14-13-29(30,28(34)35-9)16-22-11-12-23(37-26(32)20(7)17(2)3)24(15-22)38-27(33)21(8)18(4)5/h11-12,15,17-21H,10,13-14,16,30H2,1-9H3/t19-,20?,21?,29?/m0/s1. The van der Waals surface area contributed by atoms with Gasteiger partial charge in [0.25, 0.3) is 0 Å². The molecule has 0 amide bonds. The topological polar surface area (TPSA) is 131 Å². The van der Waals surface area contributed by atoms with Crippen molar-refractivity contribution in [2.24, 2.45) is 35.3 Å². The van der Waals surface area contributed by atoms with E-state index in [2.05, 4.69) is 0 Å². The van der Waals surface area contributed by atoms with Gasteiger partial charge in [0.05, 0.1) is 31.5 Å². The molecule has 38 heavy (non-hydrogen) atoms. The molecular formula is C29H45NO8. The lowest BCUT2D eigenvalue weighted by Crippen LogP contribution is -2.51. The van der Waals surface area contributed by atoms with E-state index in [1.165, 1.54) is 19.2 Å². The fourth-order valence-electron chi connectivity index (χ4n) is 3.25. The minimum Gasteiger partial charge on any atom is -0.468 e. The Morgan fingerprint density at radius 3 is 1.84 bits per heavy atom. The summed E-state index contributed by atoms with van der Waals surface area (Å²) in [4.78, 5) is 50.1. The molecule has 214 valence electrons. The van der Waals surface area contributed by atoms with Crippen molar-refractivity contribution in [3.05, 3.63) is 23.8 Å². The molecule has 0 fully saturated rings. The highest BCUT2D eigenvalue weighted by Gasteiger charge is 2.36. The van der Waals surface area contributed by atoms with Gasteiger partial charge in [0.2, 0.25) is 0 Å². The largest absolute Gasteiger partial charge is 0.468 e. The molecule has 0 aliphatic heterocycles. The molecule has 2 N–H and O–H groups in total. The Morgan fingerprint density at radius 2 is 1.37 bits per heavy atom. The third kappa shape index (κ3) is 9.42. The van der Waals surface area contributed by atoms with E-state index < -0.39 is 29.4 Å². The van der Waals surface area contributed by atoms with Gasteiger partial charge in [-0.05, 0) is 36.0 Å². The summed E-state index contributed by atoms with van der Waals surface area (Å²) in [6, 6.07) is 4.69. The van der Waals surface area contributed by atoms with Crippen molar-refractivity contribution in [2.75, 3.05) is 13.7 Å². The highest BCUT2D eigenvalue weighted by Crippen LogP contribution is 2.32. The van der Waals surface area contributed by atoms with Crippen molar-refractivity contribution in [3.8, 4) is 11.5 Å². The van der Waals surface area contributed by atoms with Crippen LogP contribution in [0.1, 0.15) is 73.8 Å². The van der Waals surface area contributed by atoms with Crippen molar-refractivity contribution in [2.45, 2.75) is 80.2 Å². The molecule has 9 heteroatoms. The summed E-state index contributed by atoms with van der Waals surface area (Å²) < 4.78 is 21.5. The number of rotatable bonds is 14. The minimum atomic E-state index is -1.51. The van der Waals surface area contributed by atoms with E-state index in [4.69, 9.17) is 24.7 Å². The highest BCUT2D eigenvalue weighted by molar-refractivity contribution is 5.81. The number of carbonyl (C=O) groups is 4. The van der Waals surface area contributed by atoms with Crippen LogP contribution in [0.5, 0.6) is 11.5 Å². The molecule has 4 atom stereocenters. The van der Waals surface area contributed by atoms with E-state index >= 15 is 0 Å². The molecule has 1 rings (SSSR count). The number of hydrogen-bond donors (Lipinski definition) is 1. The second-order valence-corrected chi connectivity index (χ2v) is 10.7. The first-order valence-electron chi connectivity index (χ1n) is 13.3. The first-order valence-corrected chi connectivity index (χ1v) is 13.3. The fourth-order valence-corrected chi connectivity index (χ4v) is 3.25. The van der Waals surface area contributed by atoms with Crippen LogP contribution in [-0.4, -0.2) is 43.1 Å². The van der Waals surface area contributed by atoms with Gasteiger partial charge in [0.1, 0.15) is 5.54 Å². The summed E-state index contributed by atoms with van der Waals surface area (Å²) in [6.07, 6.45) is 0.652. The molecule has 0 aliphatic carbocycles. The predicted molar refractivity (Wildman–Crippen MR) is 143 cm³/mol. The number of ether oxygens (including phenoxy) is 4. The SMILES string of the molecule is CC[C@H](C)C(=O)OCCC(N)(Cc1ccc(OC(=O)C(C)C(C)C)c(OC(=O)C(C)C(C)C)c1)C(=O)OC. The zero-order valence-electron chi connectivity index (χ0n) is 24.3. The second kappa shape index (κ2) is 14.9. The fraction of sp³-hybridized carbons (Fsp3) is 0.655. The number of carbonyl (C=O) groups excluding carboxylic acids is 4. The highest BCUT2D eigenvalue weighted by atomic mass is 16.6. The van der Waals surface area contributed by atoms with Gasteiger partial charge in [0.15, 0.2) is 11.5 Å². The zero-order valence-corrected chi connectivity index (χ0v) is 24.3. The predicted octanol–water partition coefficient (Wildman–Crippen LogP) is 4.47. The zero-order chi connectivity index (χ0) is 29.2. The molecule has 0 saturated carbocycles. The maximum Gasteiger partial charge on any atom is 0.326 e. The summed E-state index contributed by atoms with van der Waals surface area (Å²) in [5.74, 6) is -2.77. The molecule has 3 unspecified atom stereocenters. The average Bonchev–Trinajstić information content (AvgIpc) is 2.87. The molecule has 0 radical (unpaired) electrons. The van der Waals surface area contributed by atoms with Gasteiger partial charge in [-0.1, -0.05) is 61.5 Å². The van der Waals surface area contributed by atoms with Crippen LogP contribution in [-0.2, 0) is 35.1 Å². The van der Waals surface area contributed by atoms with Crippen LogP contribution in [0.25, 0.3) is 0 Å². The Labute approximate surface area is 226 Å². The van der Waals surface area contributed by atoms with Crippen molar-refractivity contribution in [1.29, 1.82) is 0 Å². The number of benzene rings is 1. The molecule has 0 spiro atoms. The summed E-state index contributed by atoms with van der Waals surface area (Å²) in [6.45, 7) is 14.7. The third-order valence-corrected chi connectivity index (χ3v) is 7.09. The Bertz CT molecular complexity index is 973. The van der Waals surface area contributed by atoms with Gasteiger partial charge in [-0.2, -0.15) is 0 Å². The molecule has 9 nitrogen and oxygen atoms in total. The maximum atomic E-state index is 12.8. The molecule has 0 aromatic heterocycles. The van der Waals surface area contributed by atoms with Gasteiger partial charge in [-0.3, -0.25) is 19.2 Å². The van der Waals surface area contributed by atoms with Crippen molar-refractivity contribution in [3.63, 3.8) is 0 Å². The maximum absolute atomic E-state index is 12.8. The first kappa shape index (κ1) is 33.1. The van der Waals surface area contributed by atoms with Crippen molar-refractivity contribution in [1.82, 2.24) is 0 Å². The molecule has 0 saturated heterocycles. The quantitative estimate of drug-likeness (QED) is 0.271. The number of methoxy groups -OCH3 is 1. The Morgan fingerprint density at radius 1 is 0.842 bits per heavy atom. The smallest absolute Gasteiger partial charge is 0.326 e. The lowest BCUT2D eigenvalue weighted by molar-refractivity contribution is -0.153. The van der Waals surface area contributed by atoms with Crippen molar-refractivity contribution >= 4 is 23.9 Å². The van der Waals surface area contributed by atoms with Crippen LogP contribution in [0.3, 0.4) is 0 Å². The van der Waals surface area contributed by atoms with E-state index in [9.17, 15) is 19.2 Å². The lowest BCUT2D eigenvalue weighted by atomic mass is 9.88. The number of esters is 4. The molecule has 1 aromatic rings. The Hall–Kier alpha value is -2.94. The van der Waals surface area contributed by atoms with Crippen molar-refractivity contribution < 1.29 is 38.1 Å². The van der Waals surface area contributed by atoms with Gasteiger partial charge in [-0.15, -0.1) is 0 Å². The van der Waals surface area contributed by atoms with E-state index in [-0.39, 0.29) is 60.6 Å². The average molecular weight is 536 g/mol. The number of hydrogen-bond acceptors (Lipinski definition) is 9. The van der Waals surface area contributed by atoms with Crippen LogP contribution >= 0.6 is 0 Å². The van der Waals surface area contributed by atoms with Crippen LogP contribution < -0.4 is 15.2 Å². The second-order valence-electron chi connectivity index (χ2n) is 10.7. The lowest BCUT2D eigenvalue weighted by Gasteiger charge is -2.27. The van der Waals surface area contributed by atoms with E-state index in [0.717, 1.165) is 0 Å². The molecular weight excluding hydrogens is 490 g/mol. The summed E-state index contributed by atoms with van der Waals surface area (Å²) in [7, 11) is 1.23. The Balaban J connectivity index is 3.29. The van der Waals surface area contributed by atoms with Gasteiger partial charge < -0.3 is 24.7 Å². The van der Waals surface area contributed by atoms with Gasteiger partial charge in [0, 0.05) is 12.8 Å². The molecule has 0 heterocycles. The Kier molecular flexibility index (Phi) is 12.9. The van der Waals surface area contributed by atoms with Crippen LogP contribution in [0.15, 0.2) is 18.2 Å².